The highest BCUT2D eigenvalue weighted by atomic mass is 16.3. The summed E-state index contributed by atoms with van der Waals surface area (Å²) >= 11 is 0. The maximum absolute atomic E-state index is 9.65. The molecule has 21 heavy (non-hydrogen) atoms. The third-order valence-corrected chi connectivity index (χ3v) is 4.07. The molecule has 5 nitrogen and oxygen atoms in total. The van der Waals surface area contributed by atoms with Crippen molar-refractivity contribution in [2.45, 2.75) is 11.8 Å². The third-order valence-electron chi connectivity index (χ3n) is 4.07. The van der Waals surface area contributed by atoms with Crippen LogP contribution < -0.4 is 5.32 Å². The van der Waals surface area contributed by atoms with E-state index in [0.717, 1.165) is 24.2 Å². The van der Waals surface area contributed by atoms with Crippen molar-refractivity contribution >= 4 is 0 Å². The molecule has 2 aromatic rings. The van der Waals surface area contributed by atoms with Gasteiger partial charge in [-0.15, -0.1) is 0 Å². The Labute approximate surface area is 122 Å². The van der Waals surface area contributed by atoms with E-state index < -0.39 is 0 Å². The molecular formula is C16H17NO4. The predicted octanol–water partition coefficient (Wildman–Crippen LogP) is 1.98. The smallest absolute Gasteiger partial charge is 0.157 e. The number of rotatable bonds is 2. The van der Waals surface area contributed by atoms with E-state index in [0.29, 0.717) is 0 Å². The fourth-order valence-electron chi connectivity index (χ4n) is 2.92. The molecule has 1 heterocycles. The summed E-state index contributed by atoms with van der Waals surface area (Å²) in [7, 11) is 0. The van der Waals surface area contributed by atoms with Gasteiger partial charge in [0.1, 0.15) is 0 Å². The lowest BCUT2D eigenvalue weighted by molar-refractivity contribution is 0.401. The first-order valence-corrected chi connectivity index (χ1v) is 6.80. The normalized spacial score (nSPS) is 21.5. The zero-order valence-electron chi connectivity index (χ0n) is 11.3. The minimum Gasteiger partial charge on any atom is -0.504 e. The van der Waals surface area contributed by atoms with Gasteiger partial charge in [0.15, 0.2) is 23.0 Å². The maximum atomic E-state index is 9.65. The van der Waals surface area contributed by atoms with Crippen LogP contribution in [0.3, 0.4) is 0 Å². The molecule has 110 valence electrons. The molecule has 2 atom stereocenters. The molecule has 5 N–H and O–H groups in total. The molecule has 0 amide bonds. The predicted molar refractivity (Wildman–Crippen MR) is 77.9 cm³/mol. The van der Waals surface area contributed by atoms with Crippen molar-refractivity contribution in [3.63, 3.8) is 0 Å². The fraction of sp³-hybridized carbons (Fsp3) is 0.250. The minimum absolute atomic E-state index is 0.125. The van der Waals surface area contributed by atoms with Gasteiger partial charge in [0.2, 0.25) is 0 Å². The van der Waals surface area contributed by atoms with Gasteiger partial charge in [0, 0.05) is 24.9 Å². The van der Waals surface area contributed by atoms with Gasteiger partial charge in [-0.2, -0.15) is 0 Å². The second kappa shape index (κ2) is 5.18. The number of hydrogen-bond acceptors (Lipinski definition) is 5. The van der Waals surface area contributed by atoms with Gasteiger partial charge in [-0.1, -0.05) is 12.1 Å². The summed E-state index contributed by atoms with van der Waals surface area (Å²) in [6, 6.07) is 9.68. The molecular weight excluding hydrogens is 270 g/mol. The molecule has 1 aliphatic rings. The van der Waals surface area contributed by atoms with Gasteiger partial charge < -0.3 is 25.7 Å². The maximum Gasteiger partial charge on any atom is 0.157 e. The van der Waals surface area contributed by atoms with Crippen LogP contribution in [-0.2, 0) is 0 Å². The Morgan fingerprint density at radius 2 is 1.10 bits per heavy atom. The highest BCUT2D eigenvalue weighted by Crippen LogP contribution is 2.40. The number of hydrogen-bond donors (Lipinski definition) is 5. The Morgan fingerprint density at radius 3 is 1.48 bits per heavy atom. The largest absolute Gasteiger partial charge is 0.504 e. The number of nitrogens with one attached hydrogen (secondary N) is 1. The second-order valence-electron chi connectivity index (χ2n) is 5.37. The molecule has 0 aliphatic carbocycles. The lowest BCUT2D eigenvalue weighted by Gasteiger charge is -2.20. The molecule has 1 aliphatic heterocycles. The van der Waals surface area contributed by atoms with E-state index in [1.807, 2.05) is 0 Å². The van der Waals surface area contributed by atoms with E-state index >= 15 is 0 Å². The molecule has 0 spiro atoms. The summed E-state index contributed by atoms with van der Waals surface area (Å²) in [5, 5.41) is 41.4. The van der Waals surface area contributed by atoms with Crippen molar-refractivity contribution in [3.8, 4) is 23.0 Å². The van der Waals surface area contributed by atoms with E-state index in [2.05, 4.69) is 5.32 Å². The van der Waals surface area contributed by atoms with Crippen LogP contribution in [0.15, 0.2) is 36.4 Å². The van der Waals surface area contributed by atoms with Gasteiger partial charge in [-0.25, -0.2) is 0 Å². The zero-order chi connectivity index (χ0) is 15.0. The summed E-state index contributed by atoms with van der Waals surface area (Å²) < 4.78 is 0. The van der Waals surface area contributed by atoms with Crippen LogP contribution in [0.2, 0.25) is 0 Å². The molecule has 0 unspecified atom stereocenters. The van der Waals surface area contributed by atoms with E-state index in [4.69, 9.17) is 0 Å². The Bertz CT molecular complexity index is 614. The Kier molecular flexibility index (Phi) is 3.35. The molecule has 5 heteroatoms. The van der Waals surface area contributed by atoms with Gasteiger partial charge >= 0.3 is 0 Å². The standard InChI is InChI=1S/C16H17NO4/c18-13-3-1-9(5-15(13)20)11-7-17-8-12(11)10-2-4-14(19)16(21)6-10/h1-6,11-12,17-21H,7-8H2/t11-,12-/m0/s1. The minimum atomic E-state index is -0.136. The average Bonchev–Trinajstić information content (AvgIpc) is 2.94. The SMILES string of the molecule is Oc1ccc([C@@H]2CNC[C@H]2c2ccc(O)c(O)c2)cc1O. The average molecular weight is 287 g/mol. The summed E-state index contributed by atoms with van der Waals surface area (Å²) in [5.41, 5.74) is 1.85. The van der Waals surface area contributed by atoms with E-state index in [1.165, 1.54) is 12.1 Å². The van der Waals surface area contributed by atoms with Crippen LogP contribution in [0.25, 0.3) is 0 Å². The molecule has 0 saturated carbocycles. The van der Waals surface area contributed by atoms with E-state index in [1.54, 1.807) is 24.3 Å². The number of benzene rings is 2. The first-order chi connectivity index (χ1) is 10.1. The number of aromatic hydroxyl groups is 4. The van der Waals surface area contributed by atoms with E-state index in [9.17, 15) is 20.4 Å². The Balaban J connectivity index is 1.94. The van der Waals surface area contributed by atoms with Crippen molar-refractivity contribution in [2.24, 2.45) is 0 Å². The molecule has 2 aromatic carbocycles. The molecule has 3 rings (SSSR count). The Morgan fingerprint density at radius 1 is 0.667 bits per heavy atom. The van der Waals surface area contributed by atoms with E-state index in [-0.39, 0.29) is 34.8 Å². The van der Waals surface area contributed by atoms with Gasteiger partial charge in [-0.05, 0) is 35.4 Å². The molecule has 0 bridgehead atoms. The van der Waals surface area contributed by atoms with Crippen molar-refractivity contribution in [2.75, 3.05) is 13.1 Å². The Hall–Kier alpha value is -2.40. The van der Waals surface area contributed by atoms with Crippen molar-refractivity contribution in [1.82, 2.24) is 5.32 Å². The van der Waals surface area contributed by atoms with Gasteiger partial charge in [-0.3, -0.25) is 0 Å². The lowest BCUT2D eigenvalue weighted by atomic mass is 9.84. The summed E-state index contributed by atoms with van der Waals surface area (Å²) in [5.74, 6) is -0.286. The fourth-order valence-corrected chi connectivity index (χ4v) is 2.92. The molecule has 1 saturated heterocycles. The van der Waals surface area contributed by atoms with Crippen LogP contribution in [0.5, 0.6) is 23.0 Å². The highest BCUT2D eigenvalue weighted by Gasteiger charge is 2.30. The molecule has 0 radical (unpaired) electrons. The van der Waals surface area contributed by atoms with Crippen molar-refractivity contribution in [1.29, 1.82) is 0 Å². The molecule has 0 aromatic heterocycles. The van der Waals surface area contributed by atoms with Gasteiger partial charge in [0.05, 0.1) is 0 Å². The monoisotopic (exact) mass is 287 g/mol. The lowest BCUT2D eigenvalue weighted by Crippen LogP contribution is -2.08. The second-order valence-corrected chi connectivity index (χ2v) is 5.37. The topological polar surface area (TPSA) is 93.0 Å². The first-order valence-electron chi connectivity index (χ1n) is 6.80. The van der Waals surface area contributed by atoms with Crippen LogP contribution in [0.4, 0.5) is 0 Å². The zero-order valence-corrected chi connectivity index (χ0v) is 11.3. The quantitative estimate of drug-likeness (QED) is 0.545. The summed E-state index contributed by atoms with van der Waals surface area (Å²) in [6.45, 7) is 1.49. The van der Waals surface area contributed by atoms with Crippen molar-refractivity contribution in [3.05, 3.63) is 47.5 Å². The number of phenolic OH excluding ortho intramolecular Hbond substituents is 4. The highest BCUT2D eigenvalue weighted by molar-refractivity contribution is 5.46. The van der Waals surface area contributed by atoms with Crippen LogP contribution in [-0.4, -0.2) is 33.5 Å². The first kappa shape index (κ1) is 13.6. The third kappa shape index (κ3) is 2.48. The number of phenols is 4. The summed E-state index contributed by atoms with van der Waals surface area (Å²) in [4.78, 5) is 0. The van der Waals surface area contributed by atoms with Crippen LogP contribution in [0.1, 0.15) is 23.0 Å². The molecule has 1 fully saturated rings. The van der Waals surface area contributed by atoms with Crippen LogP contribution >= 0.6 is 0 Å². The summed E-state index contributed by atoms with van der Waals surface area (Å²) in [6.07, 6.45) is 0. The van der Waals surface area contributed by atoms with Gasteiger partial charge in [0.25, 0.3) is 0 Å². The van der Waals surface area contributed by atoms with Crippen molar-refractivity contribution < 1.29 is 20.4 Å². The van der Waals surface area contributed by atoms with Crippen LogP contribution in [0, 0.1) is 0 Å².